The van der Waals surface area contributed by atoms with Crippen molar-refractivity contribution in [2.45, 2.75) is 19.4 Å². The molecule has 3 nitrogen and oxygen atoms in total. The van der Waals surface area contributed by atoms with E-state index < -0.39 is 0 Å². The Kier molecular flexibility index (Phi) is 4.75. The summed E-state index contributed by atoms with van der Waals surface area (Å²) in [6.45, 7) is 7.94. The molecule has 1 heterocycles. The molecule has 0 radical (unpaired) electrons. The van der Waals surface area contributed by atoms with Crippen LogP contribution in [0, 0.1) is 6.92 Å². The molecule has 1 saturated heterocycles. The van der Waals surface area contributed by atoms with E-state index in [4.69, 9.17) is 5.73 Å². The highest BCUT2D eigenvalue weighted by atomic mass is 15.2. The van der Waals surface area contributed by atoms with E-state index >= 15 is 0 Å². The van der Waals surface area contributed by atoms with Crippen LogP contribution >= 0.6 is 0 Å². The molecule has 1 atom stereocenters. The molecule has 3 heteroatoms. The Bertz CT molecular complexity index is 353. The predicted octanol–water partition coefficient (Wildman–Crippen LogP) is 1.63. The van der Waals surface area contributed by atoms with Crippen molar-refractivity contribution in [3.05, 3.63) is 35.4 Å². The third-order valence-corrected chi connectivity index (χ3v) is 3.86. The quantitative estimate of drug-likeness (QED) is 0.878. The molecule has 100 valence electrons. The number of likely N-dealkylation sites (N-methyl/N-ethyl adjacent to an activating group) is 1. The summed E-state index contributed by atoms with van der Waals surface area (Å²) in [7, 11) is 2.19. The maximum absolute atomic E-state index is 6.25. The lowest BCUT2D eigenvalue weighted by Gasteiger charge is -2.32. The van der Waals surface area contributed by atoms with Crippen molar-refractivity contribution in [3.63, 3.8) is 0 Å². The molecule has 0 amide bonds. The molecule has 2 N–H and O–H groups in total. The molecule has 0 bridgehead atoms. The number of piperazine rings is 1. The average Bonchev–Trinajstić information content (AvgIpc) is 2.38. The molecule has 1 aliphatic heterocycles. The van der Waals surface area contributed by atoms with Gasteiger partial charge in [-0.15, -0.1) is 0 Å². The summed E-state index contributed by atoms with van der Waals surface area (Å²) in [4.78, 5) is 4.91. The van der Waals surface area contributed by atoms with Crippen LogP contribution in [0.1, 0.15) is 23.6 Å². The molecule has 0 aromatic heterocycles. The molecule has 18 heavy (non-hydrogen) atoms. The smallest absolute Gasteiger partial charge is 0.0307 e. The zero-order chi connectivity index (χ0) is 13.0. The number of rotatable bonds is 4. The van der Waals surface area contributed by atoms with Crippen LogP contribution in [-0.4, -0.2) is 49.6 Å². The van der Waals surface area contributed by atoms with Gasteiger partial charge in [0.05, 0.1) is 0 Å². The lowest BCUT2D eigenvalue weighted by molar-refractivity contribution is 0.150. The fraction of sp³-hybridized carbons (Fsp3) is 0.600. The monoisotopic (exact) mass is 247 g/mol. The first kappa shape index (κ1) is 13.5. The maximum Gasteiger partial charge on any atom is 0.0307 e. The third kappa shape index (κ3) is 3.80. The second-order valence-corrected chi connectivity index (χ2v) is 5.45. The van der Waals surface area contributed by atoms with Crippen molar-refractivity contribution in [1.82, 2.24) is 9.80 Å². The minimum Gasteiger partial charge on any atom is -0.324 e. The number of hydrogen-bond acceptors (Lipinski definition) is 3. The van der Waals surface area contributed by atoms with Gasteiger partial charge < -0.3 is 15.5 Å². The summed E-state index contributed by atoms with van der Waals surface area (Å²) in [5.41, 5.74) is 8.81. The zero-order valence-corrected chi connectivity index (χ0v) is 11.6. The van der Waals surface area contributed by atoms with Crippen LogP contribution in [0.4, 0.5) is 0 Å². The first-order chi connectivity index (χ1) is 8.65. The fourth-order valence-electron chi connectivity index (χ4n) is 2.37. The Morgan fingerprint density at radius 3 is 2.33 bits per heavy atom. The van der Waals surface area contributed by atoms with Gasteiger partial charge in [-0.25, -0.2) is 0 Å². The Labute approximate surface area is 111 Å². The van der Waals surface area contributed by atoms with Gasteiger partial charge in [0.15, 0.2) is 0 Å². The van der Waals surface area contributed by atoms with Crippen LogP contribution in [0.3, 0.4) is 0 Å². The van der Waals surface area contributed by atoms with E-state index in [0.717, 1.165) is 13.0 Å². The van der Waals surface area contributed by atoms with Crippen LogP contribution < -0.4 is 5.73 Å². The zero-order valence-electron chi connectivity index (χ0n) is 11.6. The molecule has 1 unspecified atom stereocenters. The Morgan fingerprint density at radius 1 is 1.11 bits per heavy atom. The normalized spacial score (nSPS) is 19.9. The van der Waals surface area contributed by atoms with Crippen molar-refractivity contribution in [1.29, 1.82) is 0 Å². The van der Waals surface area contributed by atoms with E-state index in [0.29, 0.717) is 0 Å². The third-order valence-electron chi connectivity index (χ3n) is 3.86. The summed E-state index contributed by atoms with van der Waals surface area (Å²) in [5.74, 6) is 0. The molecule has 0 spiro atoms. The number of aryl methyl sites for hydroxylation is 1. The van der Waals surface area contributed by atoms with E-state index in [1.54, 1.807) is 0 Å². The lowest BCUT2D eigenvalue weighted by Crippen LogP contribution is -2.45. The SMILES string of the molecule is Cc1ccc(C(N)CCN2CCN(C)CC2)cc1. The molecule has 1 aromatic carbocycles. The van der Waals surface area contributed by atoms with E-state index in [1.807, 2.05) is 0 Å². The molecule has 1 aliphatic rings. The van der Waals surface area contributed by atoms with Gasteiger partial charge in [0, 0.05) is 38.8 Å². The van der Waals surface area contributed by atoms with Crippen LogP contribution in [0.2, 0.25) is 0 Å². The van der Waals surface area contributed by atoms with Gasteiger partial charge in [-0.05, 0) is 26.0 Å². The largest absolute Gasteiger partial charge is 0.324 e. The molecule has 2 rings (SSSR count). The van der Waals surface area contributed by atoms with E-state index in [1.165, 1.54) is 37.3 Å². The van der Waals surface area contributed by atoms with E-state index in [2.05, 4.69) is 48.0 Å². The maximum atomic E-state index is 6.25. The van der Waals surface area contributed by atoms with Crippen LogP contribution in [0.15, 0.2) is 24.3 Å². The van der Waals surface area contributed by atoms with Crippen molar-refractivity contribution in [2.24, 2.45) is 5.73 Å². The fourth-order valence-corrected chi connectivity index (χ4v) is 2.37. The van der Waals surface area contributed by atoms with Gasteiger partial charge in [-0.1, -0.05) is 29.8 Å². The van der Waals surface area contributed by atoms with Crippen LogP contribution in [0.25, 0.3) is 0 Å². The Balaban J connectivity index is 1.77. The lowest BCUT2D eigenvalue weighted by atomic mass is 10.0. The summed E-state index contributed by atoms with van der Waals surface area (Å²) in [6, 6.07) is 8.77. The van der Waals surface area contributed by atoms with Gasteiger partial charge in [0.25, 0.3) is 0 Å². The first-order valence-electron chi connectivity index (χ1n) is 6.88. The van der Waals surface area contributed by atoms with Crippen molar-refractivity contribution < 1.29 is 0 Å². The number of hydrogen-bond donors (Lipinski definition) is 1. The van der Waals surface area contributed by atoms with Crippen molar-refractivity contribution in [3.8, 4) is 0 Å². The summed E-state index contributed by atoms with van der Waals surface area (Å²) >= 11 is 0. The minimum absolute atomic E-state index is 0.172. The number of benzene rings is 1. The second-order valence-electron chi connectivity index (χ2n) is 5.45. The van der Waals surface area contributed by atoms with E-state index in [-0.39, 0.29) is 6.04 Å². The molecule has 1 aromatic rings. The van der Waals surface area contributed by atoms with Gasteiger partial charge in [-0.3, -0.25) is 0 Å². The predicted molar refractivity (Wildman–Crippen MR) is 76.7 cm³/mol. The first-order valence-corrected chi connectivity index (χ1v) is 6.88. The average molecular weight is 247 g/mol. The van der Waals surface area contributed by atoms with Gasteiger partial charge in [-0.2, -0.15) is 0 Å². The van der Waals surface area contributed by atoms with Crippen molar-refractivity contribution >= 4 is 0 Å². The summed E-state index contributed by atoms with van der Waals surface area (Å²) < 4.78 is 0. The molecular formula is C15H25N3. The Hall–Kier alpha value is -0.900. The van der Waals surface area contributed by atoms with Crippen molar-refractivity contribution in [2.75, 3.05) is 39.8 Å². The summed E-state index contributed by atoms with van der Waals surface area (Å²) in [5, 5.41) is 0. The number of nitrogens with zero attached hydrogens (tertiary/aromatic N) is 2. The second kappa shape index (κ2) is 6.32. The van der Waals surface area contributed by atoms with E-state index in [9.17, 15) is 0 Å². The molecule has 0 aliphatic carbocycles. The highest BCUT2D eigenvalue weighted by molar-refractivity contribution is 5.23. The van der Waals surface area contributed by atoms with Crippen LogP contribution in [-0.2, 0) is 0 Å². The number of nitrogens with two attached hydrogens (primary N) is 1. The van der Waals surface area contributed by atoms with Crippen LogP contribution in [0.5, 0.6) is 0 Å². The van der Waals surface area contributed by atoms with Gasteiger partial charge in [0.2, 0.25) is 0 Å². The highest BCUT2D eigenvalue weighted by Gasteiger charge is 2.14. The minimum atomic E-state index is 0.172. The van der Waals surface area contributed by atoms with Gasteiger partial charge >= 0.3 is 0 Å². The summed E-state index contributed by atoms with van der Waals surface area (Å²) in [6.07, 6.45) is 1.05. The topological polar surface area (TPSA) is 32.5 Å². The van der Waals surface area contributed by atoms with Gasteiger partial charge in [0.1, 0.15) is 0 Å². The Morgan fingerprint density at radius 2 is 1.72 bits per heavy atom. The molecule has 1 fully saturated rings. The molecular weight excluding hydrogens is 222 g/mol. The molecule has 0 saturated carbocycles. The standard InChI is InChI=1S/C15H25N3/c1-13-3-5-14(6-4-13)15(16)7-8-18-11-9-17(2)10-12-18/h3-6,15H,7-12,16H2,1-2H3. The highest BCUT2D eigenvalue weighted by Crippen LogP contribution is 2.15.